The fraction of sp³-hybridized carbons (Fsp3) is 0.103. The number of imide groups is 1. The van der Waals surface area contributed by atoms with Crippen molar-refractivity contribution in [1.82, 2.24) is 4.90 Å². The molecule has 4 nitrogen and oxygen atoms in total. The van der Waals surface area contributed by atoms with E-state index in [0.717, 1.165) is 45.0 Å². The minimum Gasteiger partial charge on any atom is -0.489 e. The molecule has 0 aromatic heterocycles. The molecule has 4 aromatic rings. The first-order valence-corrected chi connectivity index (χ1v) is 11.9. The minimum absolute atomic E-state index is 0.248. The van der Waals surface area contributed by atoms with Crippen LogP contribution >= 0.6 is 11.8 Å². The summed E-state index contributed by atoms with van der Waals surface area (Å²) in [5.41, 5.74) is 4.12. The normalized spacial score (nSPS) is 14.9. The minimum atomic E-state index is -0.261. The van der Waals surface area contributed by atoms with E-state index in [1.54, 1.807) is 6.08 Å². The van der Waals surface area contributed by atoms with Gasteiger partial charge >= 0.3 is 0 Å². The maximum Gasteiger partial charge on any atom is 0.293 e. The summed E-state index contributed by atoms with van der Waals surface area (Å²) in [6, 6.07) is 29.7. The van der Waals surface area contributed by atoms with E-state index >= 15 is 0 Å². The quantitative estimate of drug-likeness (QED) is 0.289. The van der Waals surface area contributed by atoms with E-state index in [9.17, 15) is 9.59 Å². The lowest BCUT2D eigenvalue weighted by molar-refractivity contribution is -0.123. The third-order valence-electron chi connectivity index (χ3n) is 5.79. The molecular formula is C29H23NO3S. The van der Waals surface area contributed by atoms with Gasteiger partial charge in [0.25, 0.3) is 11.1 Å². The van der Waals surface area contributed by atoms with Gasteiger partial charge in [0.2, 0.25) is 0 Å². The van der Waals surface area contributed by atoms with Crippen LogP contribution in [-0.4, -0.2) is 16.0 Å². The Labute approximate surface area is 202 Å². The van der Waals surface area contributed by atoms with E-state index in [1.165, 1.54) is 10.5 Å². The molecule has 2 amide bonds. The Morgan fingerprint density at radius 1 is 0.853 bits per heavy atom. The van der Waals surface area contributed by atoms with Crippen molar-refractivity contribution in [2.75, 3.05) is 0 Å². The molecule has 1 heterocycles. The van der Waals surface area contributed by atoms with Crippen LogP contribution in [0.2, 0.25) is 0 Å². The number of rotatable bonds is 6. The number of aryl methyl sites for hydroxylation is 1. The van der Waals surface area contributed by atoms with Crippen molar-refractivity contribution in [2.24, 2.45) is 0 Å². The number of hydrogen-bond acceptors (Lipinski definition) is 4. The zero-order chi connectivity index (χ0) is 23.5. The van der Waals surface area contributed by atoms with Crippen LogP contribution in [0.5, 0.6) is 5.75 Å². The lowest BCUT2D eigenvalue weighted by Crippen LogP contribution is -2.27. The third kappa shape index (κ3) is 4.75. The maximum atomic E-state index is 13.0. The highest BCUT2D eigenvalue weighted by Crippen LogP contribution is 2.34. The molecule has 0 saturated carbocycles. The van der Waals surface area contributed by atoms with Crippen molar-refractivity contribution in [2.45, 2.75) is 20.1 Å². The van der Waals surface area contributed by atoms with Gasteiger partial charge < -0.3 is 4.74 Å². The fourth-order valence-corrected chi connectivity index (χ4v) is 4.74. The molecule has 5 heteroatoms. The molecule has 1 saturated heterocycles. The van der Waals surface area contributed by atoms with Crippen LogP contribution in [0, 0.1) is 6.92 Å². The summed E-state index contributed by atoms with van der Waals surface area (Å²) in [6.07, 6.45) is 1.76. The summed E-state index contributed by atoms with van der Waals surface area (Å²) in [7, 11) is 0. The van der Waals surface area contributed by atoms with Crippen molar-refractivity contribution in [1.29, 1.82) is 0 Å². The van der Waals surface area contributed by atoms with Crippen molar-refractivity contribution in [3.63, 3.8) is 0 Å². The second kappa shape index (κ2) is 9.57. The number of fused-ring (bicyclic) bond motifs is 1. The number of thioether (sulfide) groups is 1. The fourth-order valence-electron chi connectivity index (χ4n) is 3.90. The first-order valence-electron chi connectivity index (χ1n) is 11.1. The molecule has 1 aliphatic rings. The molecular weight excluding hydrogens is 442 g/mol. The zero-order valence-electron chi connectivity index (χ0n) is 18.7. The van der Waals surface area contributed by atoms with Crippen LogP contribution in [-0.2, 0) is 17.9 Å². The van der Waals surface area contributed by atoms with Crippen LogP contribution in [0.15, 0.2) is 95.9 Å². The van der Waals surface area contributed by atoms with Gasteiger partial charge in [0.1, 0.15) is 12.4 Å². The highest BCUT2D eigenvalue weighted by molar-refractivity contribution is 8.18. The van der Waals surface area contributed by atoms with Crippen LogP contribution in [0.25, 0.3) is 16.8 Å². The van der Waals surface area contributed by atoms with E-state index in [0.29, 0.717) is 11.5 Å². The first-order chi connectivity index (χ1) is 16.6. The van der Waals surface area contributed by atoms with Gasteiger partial charge in [0.05, 0.1) is 11.4 Å². The van der Waals surface area contributed by atoms with Crippen LogP contribution < -0.4 is 4.74 Å². The standard InChI is InChI=1S/C29H23NO3S/c1-20-9-11-22(12-10-20)19-33-25-15-13-21(14-16-25)17-27-28(31)30(29(32)34-27)18-24-7-4-6-23-5-2-3-8-26(23)24/h2-17H,18-19H2,1H3/b27-17-. The van der Waals surface area contributed by atoms with E-state index in [-0.39, 0.29) is 17.7 Å². The lowest BCUT2D eigenvalue weighted by atomic mass is 10.0. The predicted molar refractivity (Wildman–Crippen MR) is 137 cm³/mol. The SMILES string of the molecule is Cc1ccc(COc2ccc(/C=C3\SC(=O)N(Cc4cccc5ccccc45)C3=O)cc2)cc1. The van der Waals surface area contributed by atoms with E-state index in [1.807, 2.05) is 66.7 Å². The Balaban J connectivity index is 1.27. The van der Waals surface area contributed by atoms with E-state index in [2.05, 4.69) is 31.2 Å². The summed E-state index contributed by atoms with van der Waals surface area (Å²) in [5, 5.41) is 1.89. The van der Waals surface area contributed by atoms with Gasteiger partial charge in [-0.05, 0) is 64.4 Å². The van der Waals surface area contributed by atoms with E-state index in [4.69, 9.17) is 4.74 Å². The maximum absolute atomic E-state index is 13.0. The highest BCUT2D eigenvalue weighted by Gasteiger charge is 2.35. The molecule has 4 aromatic carbocycles. The Bertz CT molecular complexity index is 1390. The van der Waals surface area contributed by atoms with Gasteiger partial charge in [-0.3, -0.25) is 14.5 Å². The Morgan fingerprint density at radius 3 is 2.38 bits per heavy atom. The predicted octanol–water partition coefficient (Wildman–Crippen LogP) is 6.96. The summed E-state index contributed by atoms with van der Waals surface area (Å²) in [5.74, 6) is 0.490. The molecule has 0 N–H and O–H groups in total. The van der Waals surface area contributed by atoms with Crippen molar-refractivity contribution < 1.29 is 14.3 Å². The molecule has 0 radical (unpaired) electrons. The Kier molecular flexibility index (Phi) is 6.19. The van der Waals surface area contributed by atoms with Crippen LogP contribution in [0.4, 0.5) is 4.79 Å². The molecule has 1 fully saturated rings. The Hall–Kier alpha value is -3.83. The zero-order valence-corrected chi connectivity index (χ0v) is 19.5. The number of ether oxygens (including phenoxy) is 1. The number of carbonyl (C=O) groups excluding carboxylic acids is 2. The smallest absolute Gasteiger partial charge is 0.293 e. The Morgan fingerprint density at radius 2 is 1.59 bits per heavy atom. The summed E-state index contributed by atoms with van der Waals surface area (Å²) < 4.78 is 5.86. The summed E-state index contributed by atoms with van der Waals surface area (Å²) in [6.45, 7) is 2.81. The number of carbonyl (C=O) groups is 2. The molecule has 168 valence electrons. The van der Waals surface area contributed by atoms with Gasteiger partial charge in [0, 0.05) is 0 Å². The first kappa shape index (κ1) is 22.0. The number of nitrogens with zero attached hydrogens (tertiary/aromatic N) is 1. The molecule has 0 unspecified atom stereocenters. The lowest BCUT2D eigenvalue weighted by Gasteiger charge is -2.14. The number of amides is 2. The number of hydrogen-bond donors (Lipinski definition) is 0. The third-order valence-corrected chi connectivity index (χ3v) is 6.69. The second-order valence-electron chi connectivity index (χ2n) is 8.25. The molecule has 0 spiro atoms. The van der Waals surface area contributed by atoms with Crippen LogP contribution in [0.1, 0.15) is 22.3 Å². The largest absolute Gasteiger partial charge is 0.489 e. The van der Waals surface area contributed by atoms with Gasteiger partial charge in [-0.25, -0.2) is 0 Å². The topological polar surface area (TPSA) is 46.6 Å². The van der Waals surface area contributed by atoms with Gasteiger partial charge in [-0.1, -0.05) is 84.4 Å². The van der Waals surface area contributed by atoms with E-state index < -0.39 is 0 Å². The van der Waals surface area contributed by atoms with Crippen molar-refractivity contribution >= 4 is 39.8 Å². The average molecular weight is 466 g/mol. The van der Waals surface area contributed by atoms with Gasteiger partial charge in [-0.2, -0.15) is 0 Å². The molecule has 0 bridgehead atoms. The summed E-state index contributed by atoms with van der Waals surface area (Å²) >= 11 is 0.981. The number of benzene rings is 4. The average Bonchev–Trinajstić information content (AvgIpc) is 3.12. The van der Waals surface area contributed by atoms with Crippen molar-refractivity contribution in [3.05, 3.63) is 118 Å². The van der Waals surface area contributed by atoms with Crippen molar-refractivity contribution in [3.8, 4) is 5.75 Å². The molecule has 0 atom stereocenters. The molecule has 1 aliphatic heterocycles. The molecule has 5 rings (SSSR count). The second-order valence-corrected chi connectivity index (χ2v) is 9.24. The monoisotopic (exact) mass is 465 g/mol. The molecule has 0 aliphatic carbocycles. The van der Waals surface area contributed by atoms with Gasteiger partial charge in [-0.15, -0.1) is 0 Å². The highest BCUT2D eigenvalue weighted by atomic mass is 32.2. The molecule has 34 heavy (non-hydrogen) atoms. The van der Waals surface area contributed by atoms with Gasteiger partial charge in [0.15, 0.2) is 0 Å². The summed E-state index contributed by atoms with van der Waals surface area (Å²) in [4.78, 5) is 27.4. The van der Waals surface area contributed by atoms with Crippen LogP contribution in [0.3, 0.4) is 0 Å².